The van der Waals surface area contributed by atoms with Crippen molar-refractivity contribution in [3.63, 3.8) is 0 Å². The van der Waals surface area contributed by atoms with Crippen molar-refractivity contribution in [3.8, 4) is 0 Å². The summed E-state index contributed by atoms with van der Waals surface area (Å²) >= 11 is 0. The Morgan fingerprint density at radius 1 is 1.32 bits per heavy atom. The topological polar surface area (TPSA) is 31.7 Å². The molecule has 0 N–H and O–H groups in total. The van der Waals surface area contributed by atoms with Crippen LogP contribution in [0.1, 0.15) is 32.8 Å². The minimum absolute atomic E-state index is 0.830. The van der Waals surface area contributed by atoms with Crippen molar-refractivity contribution in [2.24, 2.45) is 5.10 Å². The van der Waals surface area contributed by atoms with Crippen LogP contribution in [0.4, 0.5) is 5.82 Å². The van der Waals surface area contributed by atoms with Gasteiger partial charge in [0.05, 0.1) is 0 Å². The van der Waals surface area contributed by atoms with E-state index in [0.29, 0.717) is 0 Å². The molecule has 0 aliphatic heterocycles. The van der Waals surface area contributed by atoms with Crippen molar-refractivity contribution in [3.05, 3.63) is 30.5 Å². The highest BCUT2D eigenvalue weighted by atomic mass is 15.5. The van der Waals surface area contributed by atoms with Gasteiger partial charge >= 0.3 is 0 Å². The molecule has 0 saturated heterocycles. The molecule has 0 unspecified atom stereocenters. The molecule has 19 heavy (non-hydrogen) atoms. The van der Waals surface area contributed by atoms with E-state index < -0.39 is 0 Å². The van der Waals surface area contributed by atoms with Crippen molar-refractivity contribution in [2.75, 3.05) is 25.6 Å². The molecule has 0 atom stereocenters. The molecule has 1 heterocycles. The van der Waals surface area contributed by atoms with Crippen LogP contribution in [0.25, 0.3) is 5.70 Å². The third kappa shape index (κ3) is 4.39. The molecule has 0 amide bonds. The number of nitrogens with zero attached hydrogens (tertiary/aromatic N) is 4. The van der Waals surface area contributed by atoms with Crippen LogP contribution in [-0.4, -0.2) is 36.2 Å². The second-order valence-corrected chi connectivity index (χ2v) is 4.84. The monoisotopic (exact) mass is 260 g/mol. The summed E-state index contributed by atoms with van der Waals surface area (Å²) in [6, 6.07) is 4.00. The van der Waals surface area contributed by atoms with Gasteiger partial charge in [0, 0.05) is 43.8 Å². The van der Waals surface area contributed by atoms with Crippen LogP contribution in [0.3, 0.4) is 0 Å². The summed E-state index contributed by atoms with van der Waals surface area (Å²) in [5.74, 6) is 0.830. The van der Waals surface area contributed by atoms with Crippen LogP contribution in [0, 0.1) is 0 Å². The fourth-order valence-corrected chi connectivity index (χ4v) is 1.79. The third-order valence-corrected chi connectivity index (χ3v) is 2.78. The van der Waals surface area contributed by atoms with Gasteiger partial charge < -0.3 is 4.90 Å². The maximum atomic E-state index is 4.43. The van der Waals surface area contributed by atoms with Gasteiger partial charge in [-0.2, -0.15) is 5.10 Å². The summed E-state index contributed by atoms with van der Waals surface area (Å²) in [4.78, 5) is 6.57. The van der Waals surface area contributed by atoms with Gasteiger partial charge in [0.15, 0.2) is 0 Å². The van der Waals surface area contributed by atoms with Gasteiger partial charge in [-0.15, -0.1) is 0 Å². The summed E-state index contributed by atoms with van der Waals surface area (Å²) in [5.41, 5.74) is 3.05. The van der Waals surface area contributed by atoms with Crippen molar-refractivity contribution < 1.29 is 0 Å². The Hall–Kier alpha value is -1.84. The maximum Gasteiger partial charge on any atom is 0.148 e. The Morgan fingerprint density at radius 2 is 2.00 bits per heavy atom. The number of rotatable bonds is 6. The van der Waals surface area contributed by atoms with Crippen LogP contribution in [0.2, 0.25) is 0 Å². The largest absolute Gasteiger partial charge is 0.375 e. The van der Waals surface area contributed by atoms with Gasteiger partial charge in [0.1, 0.15) is 5.82 Å². The number of anilines is 1. The SMILES string of the molecule is C=C(c1ccc(N(C)N=C(C)C)nc1)N(C)CCC. The summed E-state index contributed by atoms with van der Waals surface area (Å²) in [5, 5.41) is 6.12. The number of pyridine rings is 1. The van der Waals surface area contributed by atoms with Crippen LogP contribution in [0.5, 0.6) is 0 Å². The molecule has 0 spiro atoms. The highest BCUT2D eigenvalue weighted by molar-refractivity contribution is 5.80. The third-order valence-electron chi connectivity index (χ3n) is 2.78. The molecule has 0 fully saturated rings. The first kappa shape index (κ1) is 15.2. The van der Waals surface area contributed by atoms with E-state index in [0.717, 1.165) is 35.8 Å². The van der Waals surface area contributed by atoms with E-state index in [9.17, 15) is 0 Å². The summed E-state index contributed by atoms with van der Waals surface area (Å²) in [7, 11) is 3.95. The zero-order valence-corrected chi connectivity index (χ0v) is 12.6. The van der Waals surface area contributed by atoms with Crippen molar-refractivity contribution >= 4 is 17.2 Å². The Bertz CT molecular complexity index is 444. The van der Waals surface area contributed by atoms with E-state index in [2.05, 4.69) is 35.5 Å². The Kier molecular flexibility index (Phi) is 5.55. The van der Waals surface area contributed by atoms with Crippen molar-refractivity contribution in [2.45, 2.75) is 27.2 Å². The predicted octanol–water partition coefficient (Wildman–Crippen LogP) is 3.23. The van der Waals surface area contributed by atoms with E-state index in [1.165, 1.54) is 0 Å². The Labute approximate surface area is 116 Å². The highest BCUT2D eigenvalue weighted by Crippen LogP contribution is 2.18. The molecule has 1 aromatic rings. The molecule has 4 nitrogen and oxygen atoms in total. The zero-order valence-electron chi connectivity index (χ0n) is 12.6. The predicted molar refractivity (Wildman–Crippen MR) is 83.4 cm³/mol. The molecule has 4 heteroatoms. The number of hydrogen-bond donors (Lipinski definition) is 0. The quantitative estimate of drug-likeness (QED) is 0.581. The van der Waals surface area contributed by atoms with E-state index in [-0.39, 0.29) is 0 Å². The van der Waals surface area contributed by atoms with E-state index in [4.69, 9.17) is 0 Å². The van der Waals surface area contributed by atoms with Crippen LogP contribution in [0.15, 0.2) is 30.0 Å². The van der Waals surface area contributed by atoms with Crippen molar-refractivity contribution in [1.82, 2.24) is 9.88 Å². The van der Waals surface area contributed by atoms with Crippen LogP contribution in [-0.2, 0) is 0 Å². The van der Waals surface area contributed by atoms with Gasteiger partial charge in [-0.05, 0) is 32.4 Å². The van der Waals surface area contributed by atoms with Crippen LogP contribution < -0.4 is 5.01 Å². The lowest BCUT2D eigenvalue weighted by Crippen LogP contribution is -2.17. The highest BCUT2D eigenvalue weighted by Gasteiger charge is 2.06. The standard InChI is InChI=1S/C15H24N4/c1-7-10-18(5)13(4)14-8-9-15(16-11-14)19(6)17-12(2)3/h8-9,11H,4,7,10H2,1-3,5-6H3. The smallest absolute Gasteiger partial charge is 0.148 e. The number of aromatic nitrogens is 1. The molecule has 0 bridgehead atoms. The average molecular weight is 260 g/mol. The van der Waals surface area contributed by atoms with E-state index in [1.54, 1.807) is 5.01 Å². The lowest BCUT2D eigenvalue weighted by Gasteiger charge is -2.21. The molecule has 0 aromatic carbocycles. The van der Waals surface area contributed by atoms with Gasteiger partial charge in [0.25, 0.3) is 0 Å². The summed E-state index contributed by atoms with van der Waals surface area (Å²) in [6.07, 6.45) is 2.95. The number of hydrazone groups is 1. The molecule has 0 radical (unpaired) electrons. The lowest BCUT2D eigenvalue weighted by atomic mass is 10.2. The second-order valence-electron chi connectivity index (χ2n) is 4.84. The summed E-state index contributed by atoms with van der Waals surface area (Å²) in [6.45, 7) is 11.2. The molecule has 0 aliphatic carbocycles. The molecule has 104 valence electrons. The fourth-order valence-electron chi connectivity index (χ4n) is 1.79. The van der Waals surface area contributed by atoms with Gasteiger partial charge in [-0.3, -0.25) is 5.01 Å². The minimum Gasteiger partial charge on any atom is -0.375 e. The first-order valence-electron chi connectivity index (χ1n) is 6.57. The fraction of sp³-hybridized carbons (Fsp3) is 0.467. The molecule has 0 aliphatic rings. The molecule has 0 saturated carbocycles. The van der Waals surface area contributed by atoms with E-state index in [1.807, 2.05) is 39.2 Å². The number of hydrogen-bond acceptors (Lipinski definition) is 4. The first-order chi connectivity index (χ1) is 8.95. The molecular formula is C15H24N4. The first-order valence-corrected chi connectivity index (χ1v) is 6.57. The maximum absolute atomic E-state index is 4.43. The lowest BCUT2D eigenvalue weighted by molar-refractivity contribution is 0.478. The van der Waals surface area contributed by atoms with E-state index >= 15 is 0 Å². The van der Waals surface area contributed by atoms with Gasteiger partial charge in [-0.1, -0.05) is 13.5 Å². The molecule has 1 aromatic heterocycles. The van der Waals surface area contributed by atoms with Gasteiger partial charge in [0.2, 0.25) is 0 Å². The van der Waals surface area contributed by atoms with Gasteiger partial charge in [-0.25, -0.2) is 4.98 Å². The second kappa shape index (κ2) is 6.92. The molecule has 1 rings (SSSR count). The molecular weight excluding hydrogens is 236 g/mol. The van der Waals surface area contributed by atoms with Crippen molar-refractivity contribution in [1.29, 1.82) is 0 Å². The Morgan fingerprint density at radius 3 is 2.47 bits per heavy atom. The van der Waals surface area contributed by atoms with Crippen LogP contribution >= 0.6 is 0 Å². The Balaban J connectivity index is 2.82. The minimum atomic E-state index is 0.830. The summed E-state index contributed by atoms with van der Waals surface area (Å²) < 4.78 is 0. The average Bonchev–Trinajstić information content (AvgIpc) is 2.37. The normalized spacial score (nSPS) is 9.95. The zero-order chi connectivity index (χ0) is 14.4.